The largest absolute Gasteiger partial charge is 0.319 e. The van der Waals surface area contributed by atoms with Crippen molar-refractivity contribution >= 4 is 43.2 Å². The summed E-state index contributed by atoms with van der Waals surface area (Å²) in [4.78, 5) is 19.6. The van der Waals surface area contributed by atoms with Gasteiger partial charge in [0.2, 0.25) is 0 Å². The third-order valence-corrected chi connectivity index (χ3v) is 5.33. The summed E-state index contributed by atoms with van der Waals surface area (Å²) in [5.74, 6) is 0. The molecule has 0 spiro atoms. The van der Waals surface area contributed by atoms with Crippen LogP contribution in [0.4, 0.5) is 0 Å². The van der Waals surface area contributed by atoms with Gasteiger partial charge in [-0.25, -0.2) is 0 Å². The number of hydrogen-bond donors (Lipinski definition) is 1. The van der Waals surface area contributed by atoms with Gasteiger partial charge in [0.25, 0.3) is 5.56 Å². The van der Waals surface area contributed by atoms with Gasteiger partial charge in [-0.1, -0.05) is 17.7 Å². The highest BCUT2D eigenvalue weighted by atomic mass is 35.5. The highest BCUT2D eigenvalue weighted by Crippen LogP contribution is 2.39. The van der Waals surface area contributed by atoms with Crippen molar-refractivity contribution < 1.29 is 0 Å². The van der Waals surface area contributed by atoms with E-state index in [-0.39, 0.29) is 5.56 Å². The lowest BCUT2D eigenvalue weighted by molar-refractivity contribution is 1.20. The SMILES string of the molecule is Cc1ccc(-c2c(C#N)c(=O)[nH]c3c2sc2ccc(Cl)cc23)cn1. The van der Waals surface area contributed by atoms with Crippen LogP contribution in [0.2, 0.25) is 5.02 Å². The van der Waals surface area contributed by atoms with Crippen LogP contribution in [0.25, 0.3) is 31.4 Å². The van der Waals surface area contributed by atoms with Crippen molar-refractivity contribution in [3.8, 4) is 17.2 Å². The van der Waals surface area contributed by atoms with E-state index in [0.29, 0.717) is 16.1 Å². The zero-order chi connectivity index (χ0) is 16.8. The van der Waals surface area contributed by atoms with Gasteiger partial charge in [-0.3, -0.25) is 9.78 Å². The average Bonchev–Trinajstić information content (AvgIpc) is 2.92. The standard InChI is InChI=1S/C18H10ClN3OS/c1-9-2-3-10(8-21-9)15-13(7-20)18(23)22-16-12-6-11(19)4-5-14(12)24-17(15)16/h2-6,8H,1H3,(H,22,23). The summed E-state index contributed by atoms with van der Waals surface area (Å²) in [6.07, 6.45) is 1.70. The number of halogens is 1. The Balaban J connectivity index is 2.21. The molecule has 0 unspecified atom stereocenters. The highest BCUT2D eigenvalue weighted by Gasteiger charge is 2.18. The molecule has 0 aliphatic rings. The highest BCUT2D eigenvalue weighted by molar-refractivity contribution is 7.26. The molecule has 0 radical (unpaired) electrons. The molecule has 4 rings (SSSR count). The number of aryl methyl sites for hydroxylation is 1. The molecular weight excluding hydrogens is 342 g/mol. The van der Waals surface area contributed by atoms with Gasteiger partial charge in [0, 0.05) is 38.1 Å². The third kappa shape index (κ3) is 2.20. The zero-order valence-electron chi connectivity index (χ0n) is 12.6. The summed E-state index contributed by atoms with van der Waals surface area (Å²) in [5.41, 5.74) is 2.66. The number of aromatic nitrogens is 2. The molecule has 1 aromatic carbocycles. The van der Waals surface area contributed by atoms with Crippen LogP contribution in [-0.2, 0) is 0 Å². The molecule has 0 saturated carbocycles. The molecule has 3 heterocycles. The number of H-pyrrole nitrogens is 1. The summed E-state index contributed by atoms with van der Waals surface area (Å²) in [6.45, 7) is 1.89. The van der Waals surface area contributed by atoms with Crippen molar-refractivity contribution in [2.45, 2.75) is 6.92 Å². The first-order valence-electron chi connectivity index (χ1n) is 7.19. The topological polar surface area (TPSA) is 69.5 Å². The molecule has 116 valence electrons. The number of nitrogens with one attached hydrogen (secondary N) is 1. The van der Waals surface area contributed by atoms with Crippen LogP contribution in [-0.4, -0.2) is 9.97 Å². The first kappa shape index (κ1) is 14.9. The second-order valence-electron chi connectivity index (χ2n) is 5.45. The Kier molecular flexibility index (Phi) is 3.38. The first-order valence-corrected chi connectivity index (χ1v) is 8.39. The molecule has 0 saturated heterocycles. The maximum Gasteiger partial charge on any atom is 0.267 e. The van der Waals surface area contributed by atoms with E-state index in [0.717, 1.165) is 26.0 Å². The lowest BCUT2D eigenvalue weighted by Crippen LogP contribution is -2.11. The monoisotopic (exact) mass is 351 g/mol. The first-order chi connectivity index (χ1) is 11.6. The molecule has 0 atom stereocenters. The van der Waals surface area contributed by atoms with Gasteiger partial charge in [-0.2, -0.15) is 5.26 Å². The van der Waals surface area contributed by atoms with Gasteiger partial charge >= 0.3 is 0 Å². The lowest BCUT2D eigenvalue weighted by atomic mass is 10.0. The number of thiophene rings is 1. The van der Waals surface area contributed by atoms with Crippen LogP contribution in [0, 0.1) is 18.3 Å². The number of fused-ring (bicyclic) bond motifs is 3. The lowest BCUT2D eigenvalue weighted by Gasteiger charge is -2.06. The van der Waals surface area contributed by atoms with Crippen LogP contribution in [0.1, 0.15) is 11.3 Å². The predicted molar refractivity (Wildman–Crippen MR) is 97.6 cm³/mol. The van der Waals surface area contributed by atoms with Gasteiger partial charge in [0.15, 0.2) is 0 Å². The summed E-state index contributed by atoms with van der Waals surface area (Å²) >= 11 is 7.63. The Hall–Kier alpha value is -2.68. The van der Waals surface area contributed by atoms with Gasteiger partial charge in [0.1, 0.15) is 11.6 Å². The normalized spacial score (nSPS) is 11.0. The molecule has 4 nitrogen and oxygen atoms in total. The fraction of sp³-hybridized carbons (Fsp3) is 0.0556. The maximum absolute atomic E-state index is 12.4. The molecular formula is C18H10ClN3OS. The Morgan fingerprint density at radius 1 is 1.29 bits per heavy atom. The number of hydrogen-bond acceptors (Lipinski definition) is 4. The number of aromatic amines is 1. The van der Waals surface area contributed by atoms with Crippen LogP contribution in [0.5, 0.6) is 0 Å². The second-order valence-corrected chi connectivity index (χ2v) is 6.94. The molecule has 0 aliphatic heterocycles. The molecule has 0 bridgehead atoms. The van der Waals surface area contributed by atoms with E-state index < -0.39 is 5.56 Å². The van der Waals surface area contributed by atoms with Crippen LogP contribution in [0.15, 0.2) is 41.3 Å². The third-order valence-electron chi connectivity index (χ3n) is 3.90. The van der Waals surface area contributed by atoms with Crippen molar-refractivity contribution in [3.05, 3.63) is 63.2 Å². The summed E-state index contributed by atoms with van der Waals surface area (Å²) < 4.78 is 1.86. The summed E-state index contributed by atoms with van der Waals surface area (Å²) in [6, 6.07) is 11.4. The summed E-state index contributed by atoms with van der Waals surface area (Å²) in [5, 5.41) is 11.0. The van der Waals surface area contributed by atoms with Gasteiger partial charge < -0.3 is 4.98 Å². The molecule has 24 heavy (non-hydrogen) atoms. The van der Waals surface area contributed by atoms with E-state index in [1.54, 1.807) is 6.20 Å². The average molecular weight is 352 g/mol. The molecule has 4 aromatic rings. The number of nitriles is 1. The molecule has 3 aromatic heterocycles. The number of rotatable bonds is 1. The van der Waals surface area contributed by atoms with Crippen LogP contribution >= 0.6 is 22.9 Å². The maximum atomic E-state index is 12.4. The van der Waals surface area contributed by atoms with E-state index in [4.69, 9.17) is 11.6 Å². The van der Waals surface area contributed by atoms with Gasteiger partial charge in [-0.05, 0) is 31.2 Å². The summed E-state index contributed by atoms with van der Waals surface area (Å²) in [7, 11) is 0. The fourth-order valence-corrected chi connectivity index (χ4v) is 4.15. The second kappa shape index (κ2) is 5.45. The number of benzene rings is 1. The van der Waals surface area contributed by atoms with Crippen molar-refractivity contribution in [1.82, 2.24) is 9.97 Å². The fourth-order valence-electron chi connectivity index (χ4n) is 2.77. The van der Waals surface area contributed by atoms with E-state index in [1.807, 2.05) is 43.3 Å². The Morgan fingerprint density at radius 2 is 2.12 bits per heavy atom. The Labute approximate surface area is 146 Å². The Bertz CT molecular complexity index is 1200. The Morgan fingerprint density at radius 3 is 2.83 bits per heavy atom. The van der Waals surface area contributed by atoms with E-state index in [2.05, 4.69) is 9.97 Å². The number of pyridine rings is 2. The minimum atomic E-state index is -0.403. The van der Waals surface area contributed by atoms with Crippen LogP contribution < -0.4 is 5.56 Å². The van der Waals surface area contributed by atoms with Gasteiger partial charge in [-0.15, -0.1) is 11.3 Å². The zero-order valence-corrected chi connectivity index (χ0v) is 14.1. The molecule has 6 heteroatoms. The van der Waals surface area contributed by atoms with Crippen molar-refractivity contribution in [2.24, 2.45) is 0 Å². The van der Waals surface area contributed by atoms with Crippen LogP contribution in [0.3, 0.4) is 0 Å². The molecule has 0 amide bonds. The van der Waals surface area contributed by atoms with Crippen molar-refractivity contribution in [2.75, 3.05) is 0 Å². The predicted octanol–water partition coefficient (Wildman–Crippen LogP) is 4.64. The quantitative estimate of drug-likeness (QED) is 0.543. The van der Waals surface area contributed by atoms with Crippen molar-refractivity contribution in [3.63, 3.8) is 0 Å². The van der Waals surface area contributed by atoms with E-state index in [1.165, 1.54) is 11.3 Å². The minimum Gasteiger partial charge on any atom is -0.319 e. The molecule has 1 N–H and O–H groups in total. The van der Waals surface area contributed by atoms with Gasteiger partial charge in [0.05, 0.1) is 10.2 Å². The van der Waals surface area contributed by atoms with E-state index in [9.17, 15) is 10.1 Å². The molecule has 0 aliphatic carbocycles. The minimum absolute atomic E-state index is 0.103. The smallest absolute Gasteiger partial charge is 0.267 e. The van der Waals surface area contributed by atoms with Crippen molar-refractivity contribution in [1.29, 1.82) is 5.26 Å². The van der Waals surface area contributed by atoms with E-state index >= 15 is 0 Å². The molecule has 0 fully saturated rings. The number of nitrogens with zero attached hydrogens (tertiary/aromatic N) is 2.